The fraction of sp³-hybridized carbons (Fsp3) is 0.667. The summed E-state index contributed by atoms with van der Waals surface area (Å²) in [5.41, 5.74) is -0.445. The van der Waals surface area contributed by atoms with Crippen molar-refractivity contribution in [2.75, 3.05) is 7.11 Å². The molecule has 0 heterocycles. The largest absolute Gasteiger partial charge is 0.496 e. The molecule has 2 bridgehead atoms. The van der Waals surface area contributed by atoms with Gasteiger partial charge < -0.3 is 24.6 Å². The standard InChI is InChI=1S/C27H36FNO7/c1-27(2,3)36-26(33)14-7-9-17(10-8-14)35-21-12-18(20(34-4)13-19(21)28)24(30)29-23-16-6-5-15(11-16)22(23)25(31)32/h12-17,22-23H,5-11H2,1-4H3,(H,29,30)(H,31,32)/t14-,15-,16+,17+,22+,23-/m1/s1. The van der Waals surface area contributed by atoms with Crippen LogP contribution in [0.4, 0.5) is 4.39 Å². The average molecular weight is 506 g/mol. The molecular weight excluding hydrogens is 469 g/mol. The van der Waals surface area contributed by atoms with Crippen LogP contribution in [-0.2, 0) is 14.3 Å². The van der Waals surface area contributed by atoms with Crippen LogP contribution in [0.25, 0.3) is 0 Å². The molecule has 1 aromatic rings. The molecule has 0 saturated heterocycles. The summed E-state index contributed by atoms with van der Waals surface area (Å²) in [6.45, 7) is 5.50. The molecule has 4 rings (SSSR count). The van der Waals surface area contributed by atoms with Gasteiger partial charge in [-0.05, 0) is 83.6 Å². The highest BCUT2D eigenvalue weighted by Gasteiger charge is 2.51. The second-order valence-corrected chi connectivity index (χ2v) is 11.3. The van der Waals surface area contributed by atoms with Crippen LogP contribution < -0.4 is 14.8 Å². The van der Waals surface area contributed by atoms with E-state index in [-0.39, 0.29) is 46.9 Å². The zero-order chi connectivity index (χ0) is 26.2. The van der Waals surface area contributed by atoms with Crippen LogP contribution in [0.5, 0.6) is 11.5 Å². The molecule has 9 heteroatoms. The number of carboxylic acids is 1. The van der Waals surface area contributed by atoms with Crippen molar-refractivity contribution >= 4 is 17.8 Å². The van der Waals surface area contributed by atoms with E-state index in [4.69, 9.17) is 14.2 Å². The van der Waals surface area contributed by atoms with Crippen molar-refractivity contribution in [1.82, 2.24) is 5.32 Å². The summed E-state index contributed by atoms with van der Waals surface area (Å²) in [5, 5.41) is 12.6. The number of amides is 1. The molecular formula is C27H36FNO7. The molecule has 3 aliphatic rings. The first-order valence-electron chi connectivity index (χ1n) is 12.8. The maximum atomic E-state index is 14.8. The van der Waals surface area contributed by atoms with Gasteiger partial charge in [0.15, 0.2) is 11.6 Å². The molecule has 3 fully saturated rings. The van der Waals surface area contributed by atoms with Gasteiger partial charge in [0.1, 0.15) is 11.4 Å². The Kier molecular flexibility index (Phi) is 7.48. The number of hydrogen-bond acceptors (Lipinski definition) is 6. The average Bonchev–Trinajstić information content (AvgIpc) is 3.41. The molecule has 0 aromatic heterocycles. The van der Waals surface area contributed by atoms with E-state index in [0.29, 0.717) is 25.7 Å². The van der Waals surface area contributed by atoms with E-state index in [1.165, 1.54) is 13.2 Å². The van der Waals surface area contributed by atoms with Crippen LogP contribution >= 0.6 is 0 Å². The lowest BCUT2D eigenvalue weighted by Crippen LogP contribution is -2.46. The Morgan fingerprint density at radius 1 is 1.00 bits per heavy atom. The number of aliphatic carboxylic acids is 1. The van der Waals surface area contributed by atoms with Crippen molar-refractivity contribution < 1.29 is 38.1 Å². The number of methoxy groups -OCH3 is 1. The highest BCUT2D eigenvalue weighted by Crippen LogP contribution is 2.48. The van der Waals surface area contributed by atoms with Crippen LogP contribution in [0.3, 0.4) is 0 Å². The number of fused-ring (bicyclic) bond motifs is 2. The van der Waals surface area contributed by atoms with E-state index < -0.39 is 35.3 Å². The number of nitrogens with one attached hydrogen (secondary N) is 1. The van der Waals surface area contributed by atoms with Gasteiger partial charge in [-0.1, -0.05) is 0 Å². The van der Waals surface area contributed by atoms with Gasteiger partial charge in [-0.15, -0.1) is 0 Å². The normalized spacial score (nSPS) is 29.5. The minimum atomic E-state index is -0.899. The molecule has 1 amide bonds. The number of esters is 1. The van der Waals surface area contributed by atoms with Gasteiger partial charge in [-0.3, -0.25) is 14.4 Å². The SMILES string of the molecule is COc1cc(F)c(O[C@H]2CC[C@@H](C(=O)OC(C)(C)C)CC2)cc1C(=O)N[C@@H]1[C@H]2CC[C@H](C2)[C@@H]1C(=O)O. The highest BCUT2D eigenvalue weighted by molar-refractivity contribution is 5.98. The summed E-state index contributed by atoms with van der Waals surface area (Å²) in [7, 11) is 1.35. The lowest BCUT2D eigenvalue weighted by molar-refractivity contribution is -0.161. The number of benzene rings is 1. The quantitative estimate of drug-likeness (QED) is 0.530. The third-order valence-corrected chi connectivity index (χ3v) is 7.71. The minimum absolute atomic E-state index is 0.0565. The number of halogens is 1. The van der Waals surface area contributed by atoms with E-state index in [1.54, 1.807) is 0 Å². The first-order valence-corrected chi connectivity index (χ1v) is 12.8. The molecule has 3 saturated carbocycles. The van der Waals surface area contributed by atoms with Crippen molar-refractivity contribution in [2.24, 2.45) is 23.7 Å². The number of hydrogen-bond donors (Lipinski definition) is 2. The van der Waals surface area contributed by atoms with E-state index in [1.807, 2.05) is 20.8 Å². The van der Waals surface area contributed by atoms with Gasteiger partial charge in [0.05, 0.1) is 30.6 Å². The van der Waals surface area contributed by atoms with Crippen molar-refractivity contribution in [2.45, 2.75) is 83.5 Å². The van der Waals surface area contributed by atoms with Crippen molar-refractivity contribution in [3.63, 3.8) is 0 Å². The van der Waals surface area contributed by atoms with E-state index in [0.717, 1.165) is 25.3 Å². The molecule has 0 radical (unpaired) electrons. The summed E-state index contributed by atoms with van der Waals surface area (Å²) in [5.74, 6) is -2.92. The molecule has 4 atom stereocenters. The predicted octanol–water partition coefficient (Wildman–Crippen LogP) is 4.34. The highest BCUT2D eigenvalue weighted by atomic mass is 19.1. The smallest absolute Gasteiger partial charge is 0.309 e. The Bertz CT molecular complexity index is 1010. The van der Waals surface area contributed by atoms with Crippen LogP contribution in [-0.4, -0.2) is 47.8 Å². The summed E-state index contributed by atoms with van der Waals surface area (Å²) in [4.78, 5) is 37.4. The van der Waals surface area contributed by atoms with E-state index >= 15 is 0 Å². The Balaban J connectivity index is 1.43. The van der Waals surface area contributed by atoms with Gasteiger partial charge in [0.2, 0.25) is 0 Å². The minimum Gasteiger partial charge on any atom is -0.496 e. The van der Waals surface area contributed by atoms with Crippen molar-refractivity contribution in [1.29, 1.82) is 0 Å². The van der Waals surface area contributed by atoms with E-state index in [9.17, 15) is 23.9 Å². The second kappa shape index (κ2) is 10.3. The fourth-order valence-electron chi connectivity index (χ4n) is 6.04. The second-order valence-electron chi connectivity index (χ2n) is 11.3. The number of carbonyl (C=O) groups is 3. The molecule has 198 valence electrons. The molecule has 0 aliphatic heterocycles. The number of rotatable bonds is 7. The third kappa shape index (κ3) is 5.60. The summed E-state index contributed by atoms with van der Waals surface area (Å²) in [6.07, 6.45) is 4.51. The zero-order valence-corrected chi connectivity index (χ0v) is 21.3. The summed E-state index contributed by atoms with van der Waals surface area (Å²) >= 11 is 0. The summed E-state index contributed by atoms with van der Waals surface area (Å²) in [6, 6.07) is 1.98. The molecule has 2 N–H and O–H groups in total. The molecule has 36 heavy (non-hydrogen) atoms. The van der Waals surface area contributed by atoms with E-state index in [2.05, 4.69) is 5.32 Å². The van der Waals surface area contributed by atoms with Crippen LogP contribution in [0.1, 0.15) is 76.1 Å². The van der Waals surface area contributed by atoms with Gasteiger partial charge in [0, 0.05) is 12.1 Å². The van der Waals surface area contributed by atoms with Crippen LogP contribution in [0, 0.1) is 29.5 Å². The lowest BCUT2D eigenvalue weighted by atomic mass is 9.84. The number of ether oxygens (including phenoxy) is 3. The van der Waals surface area contributed by atoms with Gasteiger partial charge in [-0.2, -0.15) is 0 Å². The Morgan fingerprint density at radius 3 is 2.28 bits per heavy atom. The molecule has 0 spiro atoms. The summed E-state index contributed by atoms with van der Waals surface area (Å²) < 4.78 is 31.5. The molecule has 3 aliphatic carbocycles. The number of carboxylic acid groups (broad SMARTS) is 1. The fourth-order valence-corrected chi connectivity index (χ4v) is 6.04. The van der Waals surface area contributed by atoms with Crippen molar-refractivity contribution in [3.05, 3.63) is 23.5 Å². The Labute approximate surface area is 210 Å². The van der Waals surface area contributed by atoms with Crippen molar-refractivity contribution in [3.8, 4) is 11.5 Å². The zero-order valence-electron chi connectivity index (χ0n) is 21.3. The predicted molar refractivity (Wildman–Crippen MR) is 128 cm³/mol. The van der Waals surface area contributed by atoms with Gasteiger partial charge in [-0.25, -0.2) is 4.39 Å². The molecule has 8 nitrogen and oxygen atoms in total. The maximum Gasteiger partial charge on any atom is 0.309 e. The lowest BCUT2D eigenvalue weighted by Gasteiger charge is -2.30. The Morgan fingerprint density at radius 2 is 1.67 bits per heavy atom. The molecule has 0 unspecified atom stereocenters. The van der Waals surface area contributed by atoms with Gasteiger partial charge in [0.25, 0.3) is 5.91 Å². The first-order chi connectivity index (χ1) is 17.0. The third-order valence-electron chi connectivity index (χ3n) is 7.71. The number of carbonyl (C=O) groups excluding carboxylic acids is 2. The van der Waals surface area contributed by atoms with Gasteiger partial charge >= 0.3 is 11.9 Å². The molecule has 1 aromatic carbocycles. The Hall–Kier alpha value is -2.84. The van der Waals surface area contributed by atoms with Crippen LogP contribution in [0.2, 0.25) is 0 Å². The van der Waals surface area contributed by atoms with Crippen LogP contribution in [0.15, 0.2) is 12.1 Å². The first kappa shape index (κ1) is 26.2. The maximum absolute atomic E-state index is 14.8. The topological polar surface area (TPSA) is 111 Å². The monoisotopic (exact) mass is 505 g/mol.